The van der Waals surface area contributed by atoms with Crippen molar-refractivity contribution in [2.24, 2.45) is 0 Å². The molecule has 0 fully saturated rings. The van der Waals surface area contributed by atoms with Crippen LogP contribution >= 0.6 is 0 Å². The van der Waals surface area contributed by atoms with Gasteiger partial charge in [-0.3, -0.25) is 4.57 Å². The topological polar surface area (TPSA) is 93.3 Å². The Labute approximate surface area is 219 Å². The third-order valence-electron chi connectivity index (χ3n) is 6.53. The van der Waals surface area contributed by atoms with Crippen LogP contribution in [0.25, 0.3) is 28.2 Å². The summed E-state index contributed by atoms with van der Waals surface area (Å²) < 4.78 is 19.8. The van der Waals surface area contributed by atoms with Crippen molar-refractivity contribution in [3.8, 4) is 39.8 Å². The van der Waals surface area contributed by atoms with Gasteiger partial charge in [-0.1, -0.05) is 54.6 Å². The minimum Gasteiger partial charge on any atom is -0.497 e. The summed E-state index contributed by atoms with van der Waals surface area (Å²) >= 11 is 0. The SMILES string of the molecule is CCOC(=O)Oc1ncn2c1Cn1c(Cc3ccc(-c4ccccc4)cc3)nnc1-c1cc(OC)ccc1-2. The van der Waals surface area contributed by atoms with Crippen LogP contribution in [0.2, 0.25) is 0 Å². The van der Waals surface area contributed by atoms with Crippen LogP contribution in [-0.2, 0) is 17.7 Å². The maximum atomic E-state index is 12.1. The fourth-order valence-electron chi connectivity index (χ4n) is 4.66. The van der Waals surface area contributed by atoms with E-state index in [0.29, 0.717) is 30.2 Å². The zero-order valence-corrected chi connectivity index (χ0v) is 21.0. The molecule has 0 saturated carbocycles. The number of rotatable bonds is 6. The molecule has 190 valence electrons. The van der Waals surface area contributed by atoms with Crippen molar-refractivity contribution in [3.63, 3.8) is 0 Å². The first-order valence-electron chi connectivity index (χ1n) is 12.3. The van der Waals surface area contributed by atoms with Gasteiger partial charge >= 0.3 is 6.16 Å². The largest absolute Gasteiger partial charge is 0.515 e. The van der Waals surface area contributed by atoms with Gasteiger partial charge in [-0.15, -0.1) is 10.2 Å². The second-order valence-electron chi connectivity index (χ2n) is 8.80. The highest BCUT2D eigenvalue weighted by Crippen LogP contribution is 2.36. The monoisotopic (exact) mass is 507 g/mol. The third kappa shape index (κ3) is 4.28. The molecule has 5 aromatic rings. The van der Waals surface area contributed by atoms with Crippen LogP contribution in [0.3, 0.4) is 0 Å². The number of hydrogen-bond acceptors (Lipinski definition) is 7. The summed E-state index contributed by atoms with van der Waals surface area (Å²) in [5.74, 6) is 2.35. The van der Waals surface area contributed by atoms with Gasteiger partial charge in [0.05, 0.1) is 25.9 Å². The molecule has 1 aliphatic heterocycles. The number of imidazole rings is 1. The number of ether oxygens (including phenoxy) is 3. The maximum Gasteiger partial charge on any atom is 0.515 e. The Kier molecular flexibility index (Phi) is 6.09. The minimum absolute atomic E-state index is 0.185. The van der Waals surface area contributed by atoms with Crippen molar-refractivity contribution < 1.29 is 19.0 Å². The Morgan fingerprint density at radius 3 is 2.53 bits per heavy atom. The van der Waals surface area contributed by atoms with Crippen LogP contribution in [0, 0.1) is 0 Å². The molecule has 1 aliphatic rings. The summed E-state index contributed by atoms with van der Waals surface area (Å²) in [7, 11) is 1.63. The van der Waals surface area contributed by atoms with Crippen molar-refractivity contribution in [3.05, 3.63) is 96.2 Å². The van der Waals surface area contributed by atoms with Crippen molar-refractivity contribution in [1.29, 1.82) is 0 Å². The molecule has 0 saturated heterocycles. The number of fused-ring (bicyclic) bond motifs is 5. The van der Waals surface area contributed by atoms with E-state index in [1.54, 1.807) is 20.4 Å². The van der Waals surface area contributed by atoms with Gasteiger partial charge in [0.2, 0.25) is 5.88 Å². The highest BCUT2D eigenvalue weighted by atomic mass is 16.7. The molecule has 9 heteroatoms. The van der Waals surface area contributed by atoms with Gasteiger partial charge in [-0.05, 0) is 41.8 Å². The average molecular weight is 508 g/mol. The molecular formula is C29H25N5O4. The Hall–Kier alpha value is -4.92. The molecule has 0 aliphatic carbocycles. The molecule has 2 aromatic heterocycles. The lowest BCUT2D eigenvalue weighted by Gasteiger charge is -2.10. The van der Waals surface area contributed by atoms with E-state index in [-0.39, 0.29) is 12.5 Å². The van der Waals surface area contributed by atoms with E-state index >= 15 is 0 Å². The number of nitrogens with zero attached hydrogens (tertiary/aromatic N) is 5. The van der Waals surface area contributed by atoms with E-state index in [4.69, 9.17) is 14.2 Å². The zero-order valence-electron chi connectivity index (χ0n) is 21.0. The van der Waals surface area contributed by atoms with Gasteiger partial charge in [0.15, 0.2) is 5.82 Å². The quantitative estimate of drug-likeness (QED) is 0.283. The Balaban J connectivity index is 1.39. The van der Waals surface area contributed by atoms with Gasteiger partial charge in [0, 0.05) is 12.0 Å². The van der Waals surface area contributed by atoms with Gasteiger partial charge in [-0.25, -0.2) is 9.78 Å². The van der Waals surface area contributed by atoms with Gasteiger partial charge in [-0.2, -0.15) is 0 Å². The van der Waals surface area contributed by atoms with Crippen LogP contribution < -0.4 is 9.47 Å². The first-order valence-corrected chi connectivity index (χ1v) is 12.3. The summed E-state index contributed by atoms with van der Waals surface area (Å²) in [6, 6.07) is 24.4. The highest BCUT2D eigenvalue weighted by Gasteiger charge is 2.28. The third-order valence-corrected chi connectivity index (χ3v) is 6.53. The zero-order chi connectivity index (χ0) is 26.1. The van der Waals surface area contributed by atoms with E-state index in [2.05, 4.69) is 51.6 Å². The number of hydrogen-bond donors (Lipinski definition) is 0. The van der Waals surface area contributed by atoms with Crippen LogP contribution in [0.5, 0.6) is 11.6 Å². The molecule has 0 spiro atoms. The van der Waals surface area contributed by atoms with Crippen molar-refractivity contribution in [1.82, 2.24) is 24.3 Å². The Bertz CT molecular complexity index is 1610. The minimum atomic E-state index is -0.795. The smallest absolute Gasteiger partial charge is 0.497 e. The first kappa shape index (κ1) is 23.5. The fraction of sp³-hybridized carbons (Fsp3) is 0.172. The predicted octanol–water partition coefficient (Wildman–Crippen LogP) is 5.29. The Morgan fingerprint density at radius 2 is 1.76 bits per heavy atom. The summed E-state index contributed by atoms with van der Waals surface area (Å²) in [6.45, 7) is 2.28. The average Bonchev–Trinajstić information content (AvgIpc) is 3.49. The van der Waals surface area contributed by atoms with Crippen LogP contribution in [-0.4, -0.2) is 44.2 Å². The molecular weight excluding hydrogens is 482 g/mol. The number of carbonyl (C=O) groups excluding carboxylic acids is 1. The lowest BCUT2D eigenvalue weighted by molar-refractivity contribution is 0.102. The van der Waals surface area contributed by atoms with Crippen molar-refractivity contribution in [2.45, 2.75) is 19.9 Å². The molecule has 3 aromatic carbocycles. The lowest BCUT2D eigenvalue weighted by Crippen LogP contribution is -2.14. The second-order valence-corrected chi connectivity index (χ2v) is 8.80. The van der Waals surface area contributed by atoms with Crippen molar-refractivity contribution >= 4 is 6.16 Å². The number of benzene rings is 3. The van der Waals surface area contributed by atoms with Crippen molar-refractivity contribution in [2.75, 3.05) is 13.7 Å². The second kappa shape index (κ2) is 9.85. The van der Waals surface area contributed by atoms with E-state index in [0.717, 1.165) is 28.2 Å². The standard InChI is InChI=1S/C29H25N5O4/c1-3-37-29(35)38-28-25-17-33-26(15-19-9-11-21(12-10-19)20-7-5-4-6-8-20)31-32-27(33)23-16-22(36-2)13-14-24(23)34(25)18-30-28/h4-14,16,18H,3,15,17H2,1-2H3. The van der Waals surface area contributed by atoms with Crippen LogP contribution in [0.4, 0.5) is 4.79 Å². The maximum absolute atomic E-state index is 12.1. The number of methoxy groups -OCH3 is 1. The molecule has 0 unspecified atom stereocenters. The predicted molar refractivity (Wildman–Crippen MR) is 141 cm³/mol. The summed E-state index contributed by atoms with van der Waals surface area (Å²) in [5, 5.41) is 9.13. The van der Waals surface area contributed by atoms with E-state index in [1.807, 2.05) is 45.5 Å². The molecule has 3 heterocycles. The number of aromatic nitrogens is 5. The molecule has 0 N–H and O–H groups in total. The van der Waals surface area contributed by atoms with Crippen LogP contribution in [0.15, 0.2) is 79.1 Å². The van der Waals surface area contributed by atoms with Gasteiger partial charge in [0.25, 0.3) is 0 Å². The molecule has 0 radical (unpaired) electrons. The van der Waals surface area contributed by atoms with Gasteiger partial charge < -0.3 is 18.8 Å². The lowest BCUT2D eigenvalue weighted by atomic mass is 10.0. The van der Waals surface area contributed by atoms with E-state index < -0.39 is 6.16 Å². The Morgan fingerprint density at radius 1 is 0.974 bits per heavy atom. The summed E-state index contributed by atoms with van der Waals surface area (Å²) in [6.07, 6.45) is 1.41. The molecule has 0 bridgehead atoms. The summed E-state index contributed by atoms with van der Waals surface area (Å²) in [4.78, 5) is 16.5. The first-order chi connectivity index (χ1) is 18.6. The molecule has 6 rings (SSSR count). The molecule has 38 heavy (non-hydrogen) atoms. The van der Waals surface area contributed by atoms with Gasteiger partial charge in [0.1, 0.15) is 23.6 Å². The molecule has 0 atom stereocenters. The normalized spacial score (nSPS) is 11.6. The number of carbonyl (C=O) groups is 1. The van der Waals surface area contributed by atoms with E-state index in [9.17, 15) is 4.79 Å². The molecule has 0 amide bonds. The summed E-state index contributed by atoms with van der Waals surface area (Å²) in [5.41, 5.74) is 5.77. The fourth-order valence-corrected chi connectivity index (χ4v) is 4.66. The van der Waals surface area contributed by atoms with Crippen LogP contribution in [0.1, 0.15) is 24.0 Å². The van der Waals surface area contributed by atoms with E-state index in [1.165, 1.54) is 5.56 Å². The molecule has 9 nitrogen and oxygen atoms in total. The highest BCUT2D eigenvalue weighted by molar-refractivity contribution is 5.72.